The van der Waals surface area contributed by atoms with Crippen LogP contribution in [-0.4, -0.2) is 60.9 Å². The lowest BCUT2D eigenvalue weighted by atomic mass is 10.1. The molecule has 7 nitrogen and oxygen atoms in total. The van der Waals surface area contributed by atoms with Crippen molar-refractivity contribution in [2.45, 2.75) is 45.8 Å². The third-order valence-corrected chi connectivity index (χ3v) is 4.85. The lowest BCUT2D eigenvalue weighted by Gasteiger charge is -2.35. The fourth-order valence-corrected chi connectivity index (χ4v) is 3.59. The van der Waals surface area contributed by atoms with Crippen LogP contribution in [0.5, 0.6) is 5.75 Å². The van der Waals surface area contributed by atoms with E-state index in [1.54, 1.807) is 23.1 Å². The van der Waals surface area contributed by atoms with E-state index in [2.05, 4.69) is 0 Å². The molecule has 2 amide bonds. The number of amides is 2. The van der Waals surface area contributed by atoms with Gasteiger partial charge in [0.2, 0.25) is 5.91 Å². The Kier molecular flexibility index (Phi) is 5.79. The number of hydrogen-bond acceptors (Lipinski definition) is 5. The van der Waals surface area contributed by atoms with Gasteiger partial charge in [0.25, 0.3) is 5.91 Å². The van der Waals surface area contributed by atoms with Crippen molar-refractivity contribution in [3.05, 3.63) is 23.8 Å². The first kappa shape index (κ1) is 19.4. The van der Waals surface area contributed by atoms with Gasteiger partial charge in [-0.05, 0) is 45.4 Å². The van der Waals surface area contributed by atoms with Gasteiger partial charge in [-0.3, -0.25) is 14.4 Å². The fourth-order valence-electron chi connectivity index (χ4n) is 3.59. The quantitative estimate of drug-likeness (QED) is 0.737. The molecule has 1 fully saturated rings. The maximum absolute atomic E-state index is 12.5. The number of fused-ring (bicyclic) bond motifs is 1. The van der Waals surface area contributed by atoms with Crippen molar-refractivity contribution in [1.82, 2.24) is 4.90 Å². The molecule has 0 aromatic heterocycles. The third kappa shape index (κ3) is 4.47. The number of benzene rings is 1. The molecule has 2 aliphatic rings. The second-order valence-corrected chi connectivity index (χ2v) is 7.23. The van der Waals surface area contributed by atoms with Crippen molar-refractivity contribution in [3.8, 4) is 5.75 Å². The molecule has 0 saturated carbocycles. The largest absolute Gasteiger partial charge is 0.482 e. The molecule has 3 rings (SSSR count). The van der Waals surface area contributed by atoms with Crippen LogP contribution in [0, 0.1) is 0 Å². The van der Waals surface area contributed by atoms with E-state index in [4.69, 9.17) is 9.47 Å². The number of rotatable bonds is 5. The summed E-state index contributed by atoms with van der Waals surface area (Å²) in [6, 6.07) is 5.09. The first-order valence-electron chi connectivity index (χ1n) is 9.36. The van der Waals surface area contributed by atoms with Crippen LogP contribution in [0.15, 0.2) is 18.2 Å². The minimum absolute atomic E-state index is 0.0289. The van der Waals surface area contributed by atoms with Crippen LogP contribution in [-0.2, 0) is 14.3 Å². The first-order chi connectivity index (χ1) is 12.8. The van der Waals surface area contributed by atoms with Gasteiger partial charge in [0.1, 0.15) is 5.75 Å². The number of carbonyl (C=O) groups is 3. The second-order valence-electron chi connectivity index (χ2n) is 7.23. The molecule has 27 heavy (non-hydrogen) atoms. The zero-order chi connectivity index (χ0) is 19.6. The molecule has 1 saturated heterocycles. The number of hydrogen-bond donors (Lipinski definition) is 0. The highest BCUT2D eigenvalue weighted by Crippen LogP contribution is 2.33. The summed E-state index contributed by atoms with van der Waals surface area (Å²) in [4.78, 5) is 39.9. The predicted octanol–water partition coefficient (Wildman–Crippen LogP) is 2.03. The van der Waals surface area contributed by atoms with Gasteiger partial charge < -0.3 is 19.3 Å². The van der Waals surface area contributed by atoms with Crippen LogP contribution in [0.25, 0.3) is 0 Å². The smallest absolute Gasteiger partial charge is 0.265 e. The maximum atomic E-state index is 12.5. The molecule has 2 atom stereocenters. The number of Topliss-reactive ketones (excluding diaryl/α,β-unsaturated/α-hetero) is 1. The van der Waals surface area contributed by atoms with Crippen molar-refractivity contribution in [1.29, 1.82) is 0 Å². The number of ketones is 1. The Labute approximate surface area is 159 Å². The van der Waals surface area contributed by atoms with Crippen molar-refractivity contribution < 1.29 is 23.9 Å². The minimum Gasteiger partial charge on any atom is -0.482 e. The molecule has 7 heteroatoms. The fraction of sp³-hybridized carbons (Fsp3) is 0.550. The van der Waals surface area contributed by atoms with Crippen molar-refractivity contribution in [2.75, 3.05) is 31.1 Å². The molecule has 0 unspecified atom stereocenters. The Balaban J connectivity index is 1.62. The normalized spacial score (nSPS) is 22.3. The van der Waals surface area contributed by atoms with E-state index in [1.165, 1.54) is 6.92 Å². The van der Waals surface area contributed by atoms with Gasteiger partial charge in [0.15, 0.2) is 12.4 Å². The van der Waals surface area contributed by atoms with Gasteiger partial charge in [0.05, 0.1) is 17.9 Å². The lowest BCUT2D eigenvalue weighted by Crippen LogP contribution is -2.48. The van der Waals surface area contributed by atoms with Gasteiger partial charge >= 0.3 is 0 Å². The van der Waals surface area contributed by atoms with Gasteiger partial charge in [0, 0.05) is 31.6 Å². The van der Waals surface area contributed by atoms with Gasteiger partial charge in [-0.2, -0.15) is 0 Å². The SMILES string of the molecule is CC(=O)c1ccc2c(c1)N(CCCC(=O)N1C[C@H](C)O[C@@H](C)C1)C(=O)CO2. The van der Waals surface area contributed by atoms with Crippen LogP contribution < -0.4 is 9.64 Å². The zero-order valence-corrected chi connectivity index (χ0v) is 16.1. The van der Waals surface area contributed by atoms with Crippen LogP contribution in [0.3, 0.4) is 0 Å². The summed E-state index contributed by atoms with van der Waals surface area (Å²) in [5.41, 5.74) is 1.13. The Bertz CT molecular complexity index is 738. The summed E-state index contributed by atoms with van der Waals surface area (Å²) in [6.45, 7) is 7.00. The highest BCUT2D eigenvalue weighted by molar-refractivity contribution is 6.01. The number of carbonyl (C=O) groups excluding carboxylic acids is 3. The van der Waals surface area contributed by atoms with E-state index in [9.17, 15) is 14.4 Å². The van der Waals surface area contributed by atoms with Gasteiger partial charge in [-0.1, -0.05) is 0 Å². The molecule has 2 aliphatic heterocycles. The van der Waals surface area contributed by atoms with Crippen LogP contribution >= 0.6 is 0 Å². The van der Waals surface area contributed by atoms with Crippen molar-refractivity contribution in [3.63, 3.8) is 0 Å². The van der Waals surface area contributed by atoms with E-state index in [0.29, 0.717) is 49.5 Å². The summed E-state index contributed by atoms with van der Waals surface area (Å²) in [5.74, 6) is 0.433. The zero-order valence-electron chi connectivity index (χ0n) is 16.1. The standard InChI is InChI=1S/C20H26N2O5/c1-13-10-21(11-14(2)27-13)19(24)5-4-8-22-17-9-16(15(3)23)6-7-18(17)26-12-20(22)25/h6-7,9,13-14H,4-5,8,10-12H2,1-3H3/t13-,14-/m0/s1. The summed E-state index contributed by atoms with van der Waals surface area (Å²) in [7, 11) is 0. The second kappa shape index (κ2) is 8.08. The Morgan fingerprint density at radius 2 is 1.89 bits per heavy atom. The van der Waals surface area contributed by atoms with Gasteiger partial charge in [-0.15, -0.1) is 0 Å². The summed E-state index contributed by atoms with van der Waals surface area (Å²) in [5, 5.41) is 0. The van der Waals surface area contributed by atoms with E-state index in [1.807, 2.05) is 18.7 Å². The molecule has 1 aromatic rings. The summed E-state index contributed by atoms with van der Waals surface area (Å²) < 4.78 is 11.1. The summed E-state index contributed by atoms with van der Waals surface area (Å²) in [6.07, 6.45) is 0.992. The Morgan fingerprint density at radius 3 is 2.56 bits per heavy atom. The molecule has 0 bridgehead atoms. The molecular formula is C20H26N2O5. The summed E-state index contributed by atoms with van der Waals surface area (Å²) >= 11 is 0. The molecule has 2 heterocycles. The highest BCUT2D eigenvalue weighted by atomic mass is 16.5. The Hall–Kier alpha value is -2.41. The number of ether oxygens (including phenoxy) is 2. The van der Waals surface area contributed by atoms with E-state index >= 15 is 0 Å². The monoisotopic (exact) mass is 374 g/mol. The van der Waals surface area contributed by atoms with Crippen LogP contribution in [0.4, 0.5) is 5.69 Å². The van der Waals surface area contributed by atoms with E-state index < -0.39 is 0 Å². The highest BCUT2D eigenvalue weighted by Gasteiger charge is 2.28. The molecule has 0 N–H and O–H groups in total. The maximum Gasteiger partial charge on any atom is 0.265 e. The topological polar surface area (TPSA) is 76.2 Å². The minimum atomic E-state index is -0.163. The van der Waals surface area contributed by atoms with Crippen molar-refractivity contribution in [2.24, 2.45) is 0 Å². The van der Waals surface area contributed by atoms with E-state index in [-0.39, 0.29) is 36.4 Å². The third-order valence-electron chi connectivity index (χ3n) is 4.85. The lowest BCUT2D eigenvalue weighted by molar-refractivity contribution is -0.143. The Morgan fingerprint density at radius 1 is 1.19 bits per heavy atom. The number of nitrogens with zero attached hydrogens (tertiary/aromatic N) is 2. The molecule has 1 aromatic carbocycles. The van der Waals surface area contributed by atoms with Gasteiger partial charge in [-0.25, -0.2) is 0 Å². The number of morpholine rings is 1. The van der Waals surface area contributed by atoms with E-state index in [0.717, 1.165) is 0 Å². The van der Waals surface area contributed by atoms with Crippen LogP contribution in [0.1, 0.15) is 44.0 Å². The van der Waals surface area contributed by atoms with Crippen LogP contribution in [0.2, 0.25) is 0 Å². The molecule has 0 aliphatic carbocycles. The molecular weight excluding hydrogens is 348 g/mol. The average Bonchev–Trinajstić information content (AvgIpc) is 2.62. The predicted molar refractivity (Wildman–Crippen MR) is 100 cm³/mol. The number of anilines is 1. The molecule has 0 spiro atoms. The first-order valence-corrected chi connectivity index (χ1v) is 9.36. The molecule has 146 valence electrons. The van der Waals surface area contributed by atoms with Crippen molar-refractivity contribution >= 4 is 23.3 Å². The molecule has 0 radical (unpaired) electrons. The average molecular weight is 374 g/mol.